The van der Waals surface area contributed by atoms with Crippen molar-refractivity contribution in [2.45, 2.75) is 23.8 Å². The quantitative estimate of drug-likeness (QED) is 0.717. The van der Waals surface area contributed by atoms with Crippen LogP contribution in [-0.4, -0.2) is 42.3 Å². The number of carboxylic acids is 1. The predicted molar refractivity (Wildman–Crippen MR) is 73.9 cm³/mol. The lowest BCUT2D eigenvalue weighted by atomic mass is 10.2. The molecule has 1 unspecified atom stereocenters. The largest absolute Gasteiger partial charge is 0.497 e. The van der Waals surface area contributed by atoms with Crippen molar-refractivity contribution >= 4 is 23.6 Å². The Morgan fingerprint density at radius 3 is 2.71 bits per heavy atom. The Kier molecular flexibility index (Phi) is 6.93. The zero-order valence-electron chi connectivity index (χ0n) is 11.2. The van der Waals surface area contributed by atoms with Gasteiger partial charge in [-0.2, -0.15) is 0 Å². The number of methoxy groups -OCH3 is 1. The Bertz CT molecular complexity index is 499. The molecular formula is C13H15F2NO4S. The molecule has 0 saturated heterocycles. The first-order valence-corrected chi connectivity index (χ1v) is 6.98. The summed E-state index contributed by atoms with van der Waals surface area (Å²) in [5, 5.41) is 10.8. The number of alkyl halides is 2. The summed E-state index contributed by atoms with van der Waals surface area (Å²) in [7, 11) is 1.51. The van der Waals surface area contributed by atoms with Gasteiger partial charge in [-0.25, -0.2) is 13.6 Å². The molecule has 0 aliphatic heterocycles. The summed E-state index contributed by atoms with van der Waals surface area (Å²) in [6.45, 7) is 0. The number of thioether (sulfide) groups is 1. The number of nitrogens with one attached hydrogen (secondary N) is 1. The number of rotatable bonds is 8. The molecule has 0 aliphatic rings. The van der Waals surface area contributed by atoms with Crippen molar-refractivity contribution in [1.29, 1.82) is 0 Å². The molecular weight excluding hydrogens is 304 g/mol. The van der Waals surface area contributed by atoms with E-state index in [4.69, 9.17) is 9.84 Å². The van der Waals surface area contributed by atoms with Crippen molar-refractivity contribution in [2.75, 3.05) is 12.9 Å². The topological polar surface area (TPSA) is 75.6 Å². The van der Waals surface area contributed by atoms with Gasteiger partial charge in [0, 0.05) is 11.3 Å². The zero-order chi connectivity index (χ0) is 15.8. The first-order valence-electron chi connectivity index (χ1n) is 5.99. The smallest absolute Gasteiger partial charge is 0.326 e. The molecule has 0 fully saturated rings. The number of amides is 1. The van der Waals surface area contributed by atoms with E-state index in [1.165, 1.54) is 7.11 Å². The molecule has 0 radical (unpaired) electrons. The lowest BCUT2D eigenvalue weighted by molar-refractivity contribution is -0.142. The Morgan fingerprint density at radius 2 is 2.14 bits per heavy atom. The van der Waals surface area contributed by atoms with Gasteiger partial charge >= 0.3 is 5.97 Å². The monoisotopic (exact) mass is 319 g/mol. The minimum Gasteiger partial charge on any atom is -0.497 e. The van der Waals surface area contributed by atoms with Crippen LogP contribution < -0.4 is 10.1 Å². The number of ether oxygens (including phenoxy) is 1. The highest BCUT2D eigenvalue weighted by atomic mass is 32.2. The fourth-order valence-electron chi connectivity index (χ4n) is 1.48. The second-order valence-electron chi connectivity index (χ2n) is 4.05. The third-order valence-electron chi connectivity index (χ3n) is 2.46. The van der Waals surface area contributed by atoms with Crippen LogP contribution in [0.1, 0.15) is 6.42 Å². The number of carboxylic acid groups (broad SMARTS) is 1. The Balaban J connectivity index is 2.50. The van der Waals surface area contributed by atoms with Crippen LogP contribution >= 0.6 is 11.8 Å². The highest BCUT2D eigenvalue weighted by Gasteiger charge is 2.23. The zero-order valence-corrected chi connectivity index (χ0v) is 12.0. The highest BCUT2D eigenvalue weighted by molar-refractivity contribution is 8.00. The van der Waals surface area contributed by atoms with Crippen molar-refractivity contribution in [3.05, 3.63) is 24.3 Å². The van der Waals surface area contributed by atoms with Crippen LogP contribution in [0.5, 0.6) is 5.75 Å². The number of benzene rings is 1. The number of hydrogen-bond donors (Lipinski definition) is 2. The molecule has 0 spiro atoms. The summed E-state index contributed by atoms with van der Waals surface area (Å²) in [5.74, 6) is -1.53. The van der Waals surface area contributed by atoms with Gasteiger partial charge in [-0.1, -0.05) is 6.07 Å². The van der Waals surface area contributed by atoms with Crippen LogP contribution in [-0.2, 0) is 9.59 Å². The molecule has 0 bridgehead atoms. The average Bonchev–Trinajstić information content (AvgIpc) is 2.44. The Labute approximate surface area is 124 Å². The molecule has 0 aliphatic carbocycles. The van der Waals surface area contributed by atoms with Crippen LogP contribution in [0.3, 0.4) is 0 Å². The van der Waals surface area contributed by atoms with E-state index in [1.807, 2.05) is 0 Å². The standard InChI is InChI=1S/C13H15F2NO4S/c1-20-8-3-2-4-9(5-8)21-7-12(17)16-10(13(18)19)6-11(14)15/h2-5,10-11H,6-7H2,1H3,(H,16,17)(H,18,19). The van der Waals surface area contributed by atoms with E-state index in [-0.39, 0.29) is 5.75 Å². The molecule has 5 nitrogen and oxygen atoms in total. The predicted octanol–water partition coefficient (Wildman–Crippen LogP) is 2.01. The van der Waals surface area contributed by atoms with E-state index in [1.54, 1.807) is 24.3 Å². The normalized spacial score (nSPS) is 12.0. The second-order valence-corrected chi connectivity index (χ2v) is 5.10. The van der Waals surface area contributed by atoms with Gasteiger partial charge in [-0.05, 0) is 18.2 Å². The maximum Gasteiger partial charge on any atom is 0.326 e. The summed E-state index contributed by atoms with van der Waals surface area (Å²) in [5.41, 5.74) is 0. The van der Waals surface area contributed by atoms with Crippen LogP contribution in [0, 0.1) is 0 Å². The SMILES string of the molecule is COc1cccc(SCC(=O)NC(CC(F)F)C(=O)O)c1. The summed E-state index contributed by atoms with van der Waals surface area (Å²) >= 11 is 1.16. The fraction of sp³-hybridized carbons (Fsp3) is 0.385. The average molecular weight is 319 g/mol. The van der Waals surface area contributed by atoms with Crippen molar-refractivity contribution < 1.29 is 28.2 Å². The van der Waals surface area contributed by atoms with Gasteiger partial charge in [0.25, 0.3) is 0 Å². The summed E-state index contributed by atoms with van der Waals surface area (Å²) < 4.78 is 29.4. The van der Waals surface area contributed by atoms with Gasteiger partial charge in [0.1, 0.15) is 11.8 Å². The molecule has 21 heavy (non-hydrogen) atoms. The maximum absolute atomic E-state index is 12.2. The van der Waals surface area contributed by atoms with Gasteiger partial charge in [0.15, 0.2) is 0 Å². The minimum atomic E-state index is -2.79. The van der Waals surface area contributed by atoms with E-state index in [0.29, 0.717) is 5.75 Å². The van der Waals surface area contributed by atoms with Crippen molar-refractivity contribution in [3.63, 3.8) is 0 Å². The van der Waals surface area contributed by atoms with Crippen LogP contribution in [0.15, 0.2) is 29.2 Å². The number of carbonyl (C=O) groups excluding carboxylic acids is 1. The van der Waals surface area contributed by atoms with E-state index >= 15 is 0 Å². The van der Waals surface area contributed by atoms with E-state index in [0.717, 1.165) is 16.7 Å². The van der Waals surface area contributed by atoms with Crippen molar-refractivity contribution in [2.24, 2.45) is 0 Å². The number of carbonyl (C=O) groups is 2. The van der Waals surface area contributed by atoms with Crippen molar-refractivity contribution in [1.82, 2.24) is 5.32 Å². The molecule has 1 rings (SSSR count). The number of aliphatic carboxylic acids is 1. The van der Waals surface area contributed by atoms with Crippen molar-refractivity contribution in [3.8, 4) is 5.75 Å². The first-order chi connectivity index (χ1) is 9.92. The van der Waals surface area contributed by atoms with E-state index < -0.39 is 30.8 Å². The van der Waals surface area contributed by atoms with Gasteiger partial charge < -0.3 is 15.2 Å². The molecule has 1 aromatic carbocycles. The lowest BCUT2D eigenvalue weighted by Gasteiger charge is -2.13. The van der Waals surface area contributed by atoms with Gasteiger partial charge in [-0.15, -0.1) is 11.8 Å². The fourth-order valence-corrected chi connectivity index (χ4v) is 2.23. The molecule has 1 amide bonds. The molecule has 0 aromatic heterocycles. The molecule has 8 heteroatoms. The maximum atomic E-state index is 12.2. The minimum absolute atomic E-state index is 0.0693. The number of halogens is 2. The lowest BCUT2D eigenvalue weighted by Crippen LogP contribution is -2.42. The Morgan fingerprint density at radius 1 is 1.43 bits per heavy atom. The molecule has 0 heterocycles. The van der Waals surface area contributed by atoms with Crippen LogP contribution in [0.2, 0.25) is 0 Å². The molecule has 0 saturated carbocycles. The third kappa shape index (κ3) is 6.44. The third-order valence-corrected chi connectivity index (χ3v) is 3.45. The van der Waals surface area contributed by atoms with Crippen LogP contribution in [0.25, 0.3) is 0 Å². The van der Waals surface area contributed by atoms with Crippen LogP contribution in [0.4, 0.5) is 8.78 Å². The van der Waals surface area contributed by atoms with Gasteiger partial charge in [0.2, 0.25) is 12.3 Å². The summed E-state index contributed by atoms with van der Waals surface area (Å²) in [6, 6.07) is 5.38. The van der Waals surface area contributed by atoms with E-state index in [2.05, 4.69) is 5.32 Å². The number of hydrogen-bond acceptors (Lipinski definition) is 4. The summed E-state index contributed by atoms with van der Waals surface area (Å²) in [6.07, 6.45) is -3.71. The molecule has 1 aromatic rings. The summed E-state index contributed by atoms with van der Waals surface area (Å²) in [4.78, 5) is 23.1. The first kappa shape index (κ1) is 17.2. The molecule has 116 valence electrons. The van der Waals surface area contributed by atoms with Gasteiger partial charge in [0.05, 0.1) is 12.9 Å². The van der Waals surface area contributed by atoms with E-state index in [9.17, 15) is 18.4 Å². The van der Waals surface area contributed by atoms with Gasteiger partial charge in [-0.3, -0.25) is 4.79 Å². The highest BCUT2D eigenvalue weighted by Crippen LogP contribution is 2.22. The Hall–Kier alpha value is -1.83. The molecule has 2 N–H and O–H groups in total. The second kappa shape index (κ2) is 8.46. The molecule has 1 atom stereocenters.